The quantitative estimate of drug-likeness (QED) is 0.815. The van der Waals surface area contributed by atoms with Crippen molar-refractivity contribution in [2.75, 3.05) is 13.2 Å². The van der Waals surface area contributed by atoms with Crippen molar-refractivity contribution in [3.05, 3.63) is 0 Å². The molecule has 1 N–H and O–H groups in total. The Morgan fingerprint density at radius 3 is 2.94 bits per heavy atom. The topological polar surface area (TPSA) is 21.3 Å². The molecule has 0 bridgehead atoms. The van der Waals surface area contributed by atoms with E-state index in [9.17, 15) is 0 Å². The average Bonchev–Trinajstić information content (AvgIpc) is 2.33. The Hall–Kier alpha value is -0.0800. The lowest BCUT2D eigenvalue weighted by Gasteiger charge is -2.50. The molecule has 2 aliphatic rings. The minimum absolute atomic E-state index is 0.168. The highest BCUT2D eigenvalue weighted by Crippen LogP contribution is 2.42. The third kappa shape index (κ3) is 2.85. The molecule has 1 heterocycles. The lowest BCUT2D eigenvalue weighted by Crippen LogP contribution is -2.60. The molecular weight excluding hydrogens is 210 g/mol. The number of hydrogen-bond acceptors (Lipinski definition) is 2. The normalized spacial score (nSPS) is 38.8. The van der Waals surface area contributed by atoms with Crippen LogP contribution >= 0.6 is 0 Å². The van der Waals surface area contributed by atoms with Crippen molar-refractivity contribution >= 4 is 0 Å². The van der Waals surface area contributed by atoms with E-state index in [2.05, 4.69) is 26.1 Å². The van der Waals surface area contributed by atoms with E-state index < -0.39 is 0 Å². The Labute approximate surface area is 107 Å². The summed E-state index contributed by atoms with van der Waals surface area (Å²) >= 11 is 0. The molecule has 1 saturated carbocycles. The van der Waals surface area contributed by atoms with Crippen molar-refractivity contribution in [2.45, 2.75) is 70.9 Å². The average molecular weight is 239 g/mol. The van der Waals surface area contributed by atoms with Crippen LogP contribution < -0.4 is 5.32 Å². The Morgan fingerprint density at radius 2 is 2.24 bits per heavy atom. The summed E-state index contributed by atoms with van der Waals surface area (Å²) in [5.41, 5.74) is 0.168. The second-order valence-electron chi connectivity index (χ2n) is 6.31. The molecule has 2 fully saturated rings. The van der Waals surface area contributed by atoms with Gasteiger partial charge in [-0.1, -0.05) is 33.6 Å². The van der Waals surface area contributed by atoms with Gasteiger partial charge in [0.05, 0.1) is 12.2 Å². The predicted molar refractivity (Wildman–Crippen MR) is 72.2 cm³/mol. The van der Waals surface area contributed by atoms with Gasteiger partial charge < -0.3 is 10.1 Å². The summed E-state index contributed by atoms with van der Waals surface area (Å²) in [7, 11) is 0. The second kappa shape index (κ2) is 5.71. The third-order valence-electron chi connectivity index (χ3n) is 4.82. The van der Waals surface area contributed by atoms with E-state index >= 15 is 0 Å². The summed E-state index contributed by atoms with van der Waals surface area (Å²) in [4.78, 5) is 0. The summed E-state index contributed by atoms with van der Waals surface area (Å²) in [6.45, 7) is 8.97. The molecule has 1 aliphatic carbocycles. The van der Waals surface area contributed by atoms with E-state index in [1.807, 2.05) is 0 Å². The Balaban J connectivity index is 2.07. The van der Waals surface area contributed by atoms with E-state index in [-0.39, 0.29) is 5.60 Å². The molecule has 17 heavy (non-hydrogen) atoms. The SMILES string of the molecule is CCCC1NCCOC12CCCC(C(C)C)C2. The number of hydrogen-bond donors (Lipinski definition) is 1. The van der Waals surface area contributed by atoms with Crippen LogP contribution in [-0.2, 0) is 4.74 Å². The van der Waals surface area contributed by atoms with E-state index in [1.165, 1.54) is 38.5 Å². The molecule has 0 amide bonds. The van der Waals surface area contributed by atoms with Crippen molar-refractivity contribution in [1.82, 2.24) is 5.32 Å². The van der Waals surface area contributed by atoms with Crippen LogP contribution in [0, 0.1) is 11.8 Å². The maximum absolute atomic E-state index is 6.29. The summed E-state index contributed by atoms with van der Waals surface area (Å²) in [6.07, 6.45) is 7.84. The molecule has 2 nitrogen and oxygen atoms in total. The fraction of sp³-hybridized carbons (Fsp3) is 1.00. The van der Waals surface area contributed by atoms with Gasteiger partial charge in [0.1, 0.15) is 0 Å². The monoisotopic (exact) mass is 239 g/mol. The van der Waals surface area contributed by atoms with Gasteiger partial charge >= 0.3 is 0 Å². The molecule has 1 saturated heterocycles. The first kappa shape index (κ1) is 13.4. The largest absolute Gasteiger partial charge is 0.372 e. The minimum Gasteiger partial charge on any atom is -0.372 e. The molecule has 3 atom stereocenters. The fourth-order valence-electron chi connectivity index (χ4n) is 3.76. The van der Waals surface area contributed by atoms with Crippen LogP contribution in [0.4, 0.5) is 0 Å². The first-order valence-corrected chi connectivity index (χ1v) is 7.55. The summed E-state index contributed by atoms with van der Waals surface area (Å²) in [5.74, 6) is 1.67. The maximum atomic E-state index is 6.29. The Kier molecular flexibility index (Phi) is 4.48. The zero-order chi connectivity index (χ0) is 12.3. The van der Waals surface area contributed by atoms with Crippen LogP contribution in [0.3, 0.4) is 0 Å². The van der Waals surface area contributed by atoms with E-state index in [1.54, 1.807) is 0 Å². The molecule has 3 unspecified atom stereocenters. The van der Waals surface area contributed by atoms with Gasteiger partial charge in [-0.3, -0.25) is 0 Å². The Bertz CT molecular complexity index is 235. The van der Waals surface area contributed by atoms with Crippen LogP contribution in [0.15, 0.2) is 0 Å². The van der Waals surface area contributed by atoms with Crippen molar-refractivity contribution in [3.63, 3.8) is 0 Å². The van der Waals surface area contributed by atoms with Crippen molar-refractivity contribution in [3.8, 4) is 0 Å². The summed E-state index contributed by atoms with van der Waals surface area (Å²) in [5, 5.41) is 3.72. The minimum atomic E-state index is 0.168. The number of nitrogens with one attached hydrogen (secondary N) is 1. The molecule has 2 rings (SSSR count). The smallest absolute Gasteiger partial charge is 0.0838 e. The van der Waals surface area contributed by atoms with Crippen LogP contribution in [0.25, 0.3) is 0 Å². The fourth-order valence-corrected chi connectivity index (χ4v) is 3.76. The summed E-state index contributed by atoms with van der Waals surface area (Å²) in [6, 6.07) is 0.600. The third-order valence-corrected chi connectivity index (χ3v) is 4.82. The molecule has 2 heteroatoms. The molecule has 1 aliphatic heterocycles. The number of ether oxygens (including phenoxy) is 1. The van der Waals surface area contributed by atoms with Crippen LogP contribution in [0.5, 0.6) is 0 Å². The highest BCUT2D eigenvalue weighted by atomic mass is 16.5. The standard InChI is InChI=1S/C15H29NO/c1-4-6-14-15(17-10-9-16-14)8-5-7-13(11-15)12(2)3/h12-14,16H,4-11H2,1-3H3. The molecule has 0 radical (unpaired) electrons. The first-order chi connectivity index (χ1) is 8.18. The van der Waals surface area contributed by atoms with Crippen LogP contribution in [0.1, 0.15) is 59.3 Å². The van der Waals surface area contributed by atoms with Crippen molar-refractivity contribution in [1.29, 1.82) is 0 Å². The van der Waals surface area contributed by atoms with Crippen LogP contribution in [0.2, 0.25) is 0 Å². The van der Waals surface area contributed by atoms with Gasteiger partial charge in [-0.05, 0) is 37.5 Å². The second-order valence-corrected chi connectivity index (χ2v) is 6.31. The Morgan fingerprint density at radius 1 is 1.41 bits per heavy atom. The lowest BCUT2D eigenvalue weighted by atomic mass is 9.69. The molecule has 0 aromatic rings. The molecular formula is C15H29NO. The van der Waals surface area contributed by atoms with E-state index in [0.717, 1.165) is 25.0 Å². The zero-order valence-electron chi connectivity index (χ0n) is 11.8. The molecule has 1 spiro atoms. The van der Waals surface area contributed by atoms with Gasteiger partial charge in [-0.2, -0.15) is 0 Å². The van der Waals surface area contributed by atoms with Gasteiger partial charge in [-0.15, -0.1) is 0 Å². The van der Waals surface area contributed by atoms with Gasteiger partial charge in [0.15, 0.2) is 0 Å². The highest BCUT2D eigenvalue weighted by Gasteiger charge is 2.45. The van der Waals surface area contributed by atoms with Crippen molar-refractivity contribution in [2.24, 2.45) is 11.8 Å². The number of morpholine rings is 1. The predicted octanol–water partition coefficient (Wildman–Crippen LogP) is 3.36. The number of rotatable bonds is 3. The lowest BCUT2D eigenvalue weighted by molar-refractivity contribution is -0.133. The van der Waals surface area contributed by atoms with E-state index in [0.29, 0.717) is 6.04 Å². The van der Waals surface area contributed by atoms with Gasteiger partial charge in [0.2, 0.25) is 0 Å². The summed E-state index contributed by atoms with van der Waals surface area (Å²) < 4.78 is 6.29. The van der Waals surface area contributed by atoms with E-state index in [4.69, 9.17) is 4.74 Å². The maximum Gasteiger partial charge on any atom is 0.0838 e. The molecule has 100 valence electrons. The first-order valence-electron chi connectivity index (χ1n) is 7.55. The van der Waals surface area contributed by atoms with Crippen molar-refractivity contribution < 1.29 is 4.74 Å². The van der Waals surface area contributed by atoms with Gasteiger partial charge in [0.25, 0.3) is 0 Å². The zero-order valence-corrected chi connectivity index (χ0v) is 11.8. The van der Waals surface area contributed by atoms with Gasteiger partial charge in [-0.25, -0.2) is 0 Å². The van der Waals surface area contributed by atoms with Gasteiger partial charge in [0, 0.05) is 12.6 Å². The molecule has 0 aromatic heterocycles. The molecule has 0 aromatic carbocycles. The highest BCUT2D eigenvalue weighted by molar-refractivity contribution is 4.99. The van der Waals surface area contributed by atoms with Crippen LogP contribution in [-0.4, -0.2) is 24.8 Å².